The van der Waals surface area contributed by atoms with Crippen molar-refractivity contribution >= 4 is 28.7 Å². The van der Waals surface area contributed by atoms with Crippen molar-refractivity contribution in [3.8, 4) is 6.07 Å². The lowest BCUT2D eigenvalue weighted by Gasteiger charge is -2.18. The summed E-state index contributed by atoms with van der Waals surface area (Å²) < 4.78 is 0. The van der Waals surface area contributed by atoms with E-state index in [2.05, 4.69) is 5.32 Å². The lowest BCUT2D eigenvalue weighted by atomic mass is 10.2. The molecule has 2 rings (SSSR count). The lowest BCUT2D eigenvalue weighted by molar-refractivity contribution is 1.13. The fourth-order valence-corrected chi connectivity index (χ4v) is 2.03. The summed E-state index contributed by atoms with van der Waals surface area (Å²) in [6, 6.07) is 15.4. The number of para-hydroxylation sites is 2. The van der Waals surface area contributed by atoms with Gasteiger partial charge in [0.2, 0.25) is 0 Å². The van der Waals surface area contributed by atoms with Crippen LogP contribution in [0.2, 0.25) is 5.02 Å². The molecule has 0 amide bonds. The summed E-state index contributed by atoms with van der Waals surface area (Å²) in [6.45, 7) is 0. The SMILES string of the molecule is CN(C)c1ccccc1Nc1ccc(C#N)c(Cl)c1. The minimum Gasteiger partial charge on any atom is -0.376 e. The Morgan fingerprint density at radius 1 is 1.16 bits per heavy atom. The van der Waals surface area contributed by atoms with Crippen molar-refractivity contribution in [2.75, 3.05) is 24.3 Å². The molecule has 19 heavy (non-hydrogen) atoms. The predicted octanol–water partition coefficient (Wildman–Crippen LogP) is 4.02. The fourth-order valence-electron chi connectivity index (χ4n) is 1.81. The molecule has 3 nitrogen and oxygen atoms in total. The highest BCUT2D eigenvalue weighted by Crippen LogP contribution is 2.29. The standard InChI is InChI=1S/C15H14ClN3/c1-19(2)15-6-4-3-5-14(15)18-12-8-7-11(10-17)13(16)9-12/h3-9,18H,1-2H3. The topological polar surface area (TPSA) is 39.1 Å². The quantitative estimate of drug-likeness (QED) is 0.916. The molecule has 0 radical (unpaired) electrons. The van der Waals surface area contributed by atoms with Crippen molar-refractivity contribution in [1.29, 1.82) is 5.26 Å². The van der Waals surface area contributed by atoms with Gasteiger partial charge in [-0.1, -0.05) is 23.7 Å². The van der Waals surface area contributed by atoms with Crippen LogP contribution in [0.4, 0.5) is 17.1 Å². The lowest BCUT2D eigenvalue weighted by Crippen LogP contribution is -2.10. The third kappa shape index (κ3) is 2.98. The van der Waals surface area contributed by atoms with Gasteiger partial charge < -0.3 is 10.2 Å². The van der Waals surface area contributed by atoms with E-state index in [1.165, 1.54) is 0 Å². The summed E-state index contributed by atoms with van der Waals surface area (Å²) in [5.74, 6) is 0. The van der Waals surface area contributed by atoms with E-state index >= 15 is 0 Å². The van der Waals surface area contributed by atoms with Gasteiger partial charge in [0.05, 0.1) is 22.0 Å². The second-order valence-electron chi connectivity index (χ2n) is 4.34. The van der Waals surface area contributed by atoms with Gasteiger partial charge in [-0.2, -0.15) is 5.26 Å². The monoisotopic (exact) mass is 271 g/mol. The number of anilines is 3. The van der Waals surface area contributed by atoms with Crippen LogP contribution in [0, 0.1) is 11.3 Å². The van der Waals surface area contributed by atoms with Gasteiger partial charge in [0.15, 0.2) is 0 Å². The largest absolute Gasteiger partial charge is 0.376 e. The Bertz CT molecular complexity index is 630. The summed E-state index contributed by atoms with van der Waals surface area (Å²) in [7, 11) is 3.98. The molecule has 4 heteroatoms. The summed E-state index contributed by atoms with van der Waals surface area (Å²) >= 11 is 6.03. The molecule has 0 aliphatic carbocycles. The van der Waals surface area contributed by atoms with Gasteiger partial charge in [0.25, 0.3) is 0 Å². The van der Waals surface area contributed by atoms with E-state index in [1.54, 1.807) is 12.1 Å². The van der Waals surface area contributed by atoms with Gasteiger partial charge in [0, 0.05) is 19.8 Å². The van der Waals surface area contributed by atoms with E-state index in [-0.39, 0.29) is 0 Å². The minimum absolute atomic E-state index is 0.454. The zero-order valence-corrected chi connectivity index (χ0v) is 11.6. The Labute approximate surface area is 118 Å². The highest BCUT2D eigenvalue weighted by atomic mass is 35.5. The van der Waals surface area contributed by atoms with Gasteiger partial charge in [-0.25, -0.2) is 0 Å². The van der Waals surface area contributed by atoms with Crippen LogP contribution in [0.5, 0.6) is 0 Å². The van der Waals surface area contributed by atoms with Crippen LogP contribution in [0.1, 0.15) is 5.56 Å². The maximum atomic E-state index is 8.85. The molecule has 2 aromatic rings. The number of hydrogen-bond donors (Lipinski definition) is 1. The fraction of sp³-hybridized carbons (Fsp3) is 0.133. The van der Waals surface area contributed by atoms with Crippen LogP contribution in [0.15, 0.2) is 42.5 Å². The number of benzene rings is 2. The van der Waals surface area contributed by atoms with Crippen molar-refractivity contribution in [3.63, 3.8) is 0 Å². The zero-order chi connectivity index (χ0) is 13.8. The number of nitrogens with one attached hydrogen (secondary N) is 1. The van der Waals surface area contributed by atoms with Gasteiger partial charge in [0.1, 0.15) is 6.07 Å². The van der Waals surface area contributed by atoms with Crippen molar-refractivity contribution in [2.45, 2.75) is 0 Å². The average molecular weight is 272 g/mol. The first kappa shape index (κ1) is 13.3. The number of rotatable bonds is 3. The maximum absolute atomic E-state index is 8.85. The molecule has 96 valence electrons. The van der Waals surface area contributed by atoms with E-state index in [0.717, 1.165) is 17.1 Å². The van der Waals surface area contributed by atoms with Crippen LogP contribution in [0.3, 0.4) is 0 Å². The van der Waals surface area contributed by atoms with Crippen LogP contribution in [-0.4, -0.2) is 14.1 Å². The van der Waals surface area contributed by atoms with Crippen molar-refractivity contribution in [2.24, 2.45) is 0 Å². The van der Waals surface area contributed by atoms with Crippen molar-refractivity contribution in [1.82, 2.24) is 0 Å². The summed E-state index contributed by atoms with van der Waals surface area (Å²) in [4.78, 5) is 2.04. The molecule has 0 fully saturated rings. The van der Waals surface area contributed by atoms with Crippen LogP contribution >= 0.6 is 11.6 Å². The van der Waals surface area contributed by atoms with Crippen LogP contribution in [-0.2, 0) is 0 Å². The van der Waals surface area contributed by atoms with E-state index in [9.17, 15) is 0 Å². The number of halogens is 1. The predicted molar refractivity (Wildman–Crippen MR) is 80.2 cm³/mol. The minimum atomic E-state index is 0.454. The van der Waals surface area contributed by atoms with Gasteiger partial charge in [-0.3, -0.25) is 0 Å². The molecule has 0 saturated carbocycles. The normalized spacial score (nSPS) is 9.79. The maximum Gasteiger partial charge on any atom is 0.101 e. The first-order chi connectivity index (χ1) is 9.11. The van der Waals surface area contributed by atoms with E-state index in [1.807, 2.05) is 55.4 Å². The zero-order valence-electron chi connectivity index (χ0n) is 10.8. The smallest absolute Gasteiger partial charge is 0.101 e. The highest BCUT2D eigenvalue weighted by molar-refractivity contribution is 6.32. The van der Waals surface area contributed by atoms with Crippen molar-refractivity contribution < 1.29 is 0 Å². The Morgan fingerprint density at radius 2 is 1.89 bits per heavy atom. The Kier molecular flexibility index (Phi) is 3.94. The number of nitriles is 1. The van der Waals surface area contributed by atoms with Crippen LogP contribution in [0.25, 0.3) is 0 Å². The molecule has 2 aromatic carbocycles. The molecule has 0 heterocycles. The molecule has 0 saturated heterocycles. The first-order valence-electron chi connectivity index (χ1n) is 5.85. The Balaban J connectivity index is 2.32. The molecule has 1 N–H and O–H groups in total. The second kappa shape index (κ2) is 5.64. The molecule has 0 aromatic heterocycles. The van der Waals surface area contributed by atoms with Gasteiger partial charge in [-0.15, -0.1) is 0 Å². The average Bonchev–Trinajstić information content (AvgIpc) is 2.39. The molecule has 0 atom stereocenters. The Hall–Kier alpha value is -2.18. The van der Waals surface area contributed by atoms with Crippen molar-refractivity contribution in [3.05, 3.63) is 53.1 Å². The third-order valence-corrected chi connectivity index (χ3v) is 3.07. The molecule has 0 spiro atoms. The molecular formula is C15H14ClN3. The molecule has 0 unspecified atom stereocenters. The number of nitrogens with zero attached hydrogens (tertiary/aromatic N) is 2. The van der Waals surface area contributed by atoms with Gasteiger partial charge in [-0.05, 0) is 30.3 Å². The first-order valence-corrected chi connectivity index (χ1v) is 6.22. The van der Waals surface area contributed by atoms with E-state index in [4.69, 9.17) is 16.9 Å². The van der Waals surface area contributed by atoms with Crippen LogP contribution < -0.4 is 10.2 Å². The molecule has 0 aliphatic heterocycles. The molecular weight excluding hydrogens is 258 g/mol. The van der Waals surface area contributed by atoms with Gasteiger partial charge >= 0.3 is 0 Å². The summed E-state index contributed by atoms with van der Waals surface area (Å²) in [6.07, 6.45) is 0. The molecule has 0 aliphatic rings. The summed E-state index contributed by atoms with van der Waals surface area (Å²) in [5.41, 5.74) is 3.42. The highest BCUT2D eigenvalue weighted by Gasteiger charge is 2.05. The van der Waals surface area contributed by atoms with E-state index in [0.29, 0.717) is 10.6 Å². The van der Waals surface area contributed by atoms with E-state index < -0.39 is 0 Å². The third-order valence-electron chi connectivity index (χ3n) is 2.75. The Morgan fingerprint density at radius 3 is 2.53 bits per heavy atom. The molecule has 0 bridgehead atoms. The number of hydrogen-bond acceptors (Lipinski definition) is 3. The second-order valence-corrected chi connectivity index (χ2v) is 4.75. The summed E-state index contributed by atoms with van der Waals surface area (Å²) in [5, 5.41) is 12.6.